The van der Waals surface area contributed by atoms with Crippen molar-refractivity contribution in [3.8, 4) is 5.75 Å². The zero-order chi connectivity index (χ0) is 9.26. The van der Waals surface area contributed by atoms with Crippen LogP contribution in [0.2, 0.25) is 0 Å². The minimum absolute atomic E-state index is 0. The first kappa shape index (κ1) is 11.3. The summed E-state index contributed by atoms with van der Waals surface area (Å²) in [6, 6.07) is 6.06. The Kier molecular flexibility index (Phi) is 3.75. The van der Waals surface area contributed by atoms with Gasteiger partial charge in [0.2, 0.25) is 0 Å². The van der Waals surface area contributed by atoms with Crippen LogP contribution in [0, 0.1) is 0 Å². The van der Waals surface area contributed by atoms with E-state index in [2.05, 4.69) is 11.4 Å². The van der Waals surface area contributed by atoms with Gasteiger partial charge in [-0.1, -0.05) is 6.07 Å². The SMILES string of the molecule is COc1ccc(CN)c2sccc12.Cl. The van der Waals surface area contributed by atoms with E-state index in [9.17, 15) is 0 Å². The van der Waals surface area contributed by atoms with E-state index in [1.807, 2.05) is 12.1 Å². The molecule has 0 spiro atoms. The highest BCUT2D eigenvalue weighted by molar-refractivity contribution is 7.17. The van der Waals surface area contributed by atoms with Crippen LogP contribution in [0.5, 0.6) is 5.75 Å². The maximum absolute atomic E-state index is 5.63. The normalized spacial score (nSPS) is 9.86. The van der Waals surface area contributed by atoms with Gasteiger partial charge in [0.25, 0.3) is 0 Å². The lowest BCUT2D eigenvalue weighted by molar-refractivity contribution is 0.420. The Balaban J connectivity index is 0.000000980. The van der Waals surface area contributed by atoms with Crippen LogP contribution in [0.1, 0.15) is 5.56 Å². The Morgan fingerprint density at radius 2 is 2.14 bits per heavy atom. The Bertz CT molecular complexity index is 389. The minimum atomic E-state index is 0. The van der Waals surface area contributed by atoms with Gasteiger partial charge < -0.3 is 10.5 Å². The van der Waals surface area contributed by atoms with E-state index in [1.165, 1.54) is 10.3 Å². The molecule has 14 heavy (non-hydrogen) atoms. The smallest absolute Gasteiger partial charge is 0.127 e. The predicted molar refractivity (Wildman–Crippen MR) is 63.5 cm³/mol. The molecule has 0 aliphatic carbocycles. The molecule has 0 aliphatic rings. The molecular weight excluding hydrogens is 218 g/mol. The van der Waals surface area contributed by atoms with Gasteiger partial charge in [0, 0.05) is 16.6 Å². The van der Waals surface area contributed by atoms with Crippen molar-refractivity contribution in [3.63, 3.8) is 0 Å². The maximum atomic E-state index is 5.63. The molecule has 0 fully saturated rings. The van der Waals surface area contributed by atoms with Crippen molar-refractivity contribution in [1.82, 2.24) is 0 Å². The summed E-state index contributed by atoms with van der Waals surface area (Å²) >= 11 is 1.71. The lowest BCUT2D eigenvalue weighted by atomic mass is 10.1. The van der Waals surface area contributed by atoms with E-state index >= 15 is 0 Å². The summed E-state index contributed by atoms with van der Waals surface area (Å²) in [5.74, 6) is 0.924. The lowest BCUT2D eigenvalue weighted by Crippen LogP contribution is -1.96. The average molecular weight is 230 g/mol. The molecule has 0 unspecified atom stereocenters. The number of rotatable bonds is 2. The molecular formula is C10H12ClNOS. The van der Waals surface area contributed by atoms with Crippen LogP contribution < -0.4 is 10.5 Å². The molecule has 2 aromatic rings. The topological polar surface area (TPSA) is 35.2 Å². The van der Waals surface area contributed by atoms with Crippen LogP contribution in [0.3, 0.4) is 0 Å². The number of halogens is 1. The summed E-state index contributed by atoms with van der Waals surface area (Å²) in [7, 11) is 1.69. The monoisotopic (exact) mass is 229 g/mol. The van der Waals surface area contributed by atoms with E-state index < -0.39 is 0 Å². The molecule has 0 saturated heterocycles. The summed E-state index contributed by atoms with van der Waals surface area (Å²) in [6.07, 6.45) is 0. The summed E-state index contributed by atoms with van der Waals surface area (Å²) in [6.45, 7) is 0.584. The first-order valence-electron chi connectivity index (χ1n) is 4.10. The number of hydrogen-bond donors (Lipinski definition) is 1. The van der Waals surface area contributed by atoms with E-state index in [4.69, 9.17) is 10.5 Å². The van der Waals surface area contributed by atoms with Crippen LogP contribution in [0.15, 0.2) is 23.6 Å². The van der Waals surface area contributed by atoms with Crippen molar-refractivity contribution in [3.05, 3.63) is 29.1 Å². The third-order valence-electron chi connectivity index (χ3n) is 2.10. The number of fused-ring (bicyclic) bond motifs is 1. The molecule has 0 amide bonds. The third kappa shape index (κ3) is 1.71. The van der Waals surface area contributed by atoms with Crippen LogP contribution in [-0.2, 0) is 6.54 Å². The number of ether oxygens (including phenoxy) is 1. The number of methoxy groups -OCH3 is 1. The van der Waals surface area contributed by atoms with Gasteiger partial charge in [0.05, 0.1) is 7.11 Å². The summed E-state index contributed by atoms with van der Waals surface area (Å²) in [5, 5.41) is 3.22. The Hall–Kier alpha value is -0.770. The van der Waals surface area contributed by atoms with Gasteiger partial charge in [0.15, 0.2) is 0 Å². The number of benzene rings is 1. The van der Waals surface area contributed by atoms with Gasteiger partial charge in [-0.2, -0.15) is 0 Å². The van der Waals surface area contributed by atoms with Crippen molar-refractivity contribution < 1.29 is 4.74 Å². The Morgan fingerprint density at radius 3 is 2.79 bits per heavy atom. The molecule has 0 radical (unpaired) electrons. The zero-order valence-electron chi connectivity index (χ0n) is 7.82. The van der Waals surface area contributed by atoms with E-state index in [1.54, 1.807) is 18.4 Å². The lowest BCUT2D eigenvalue weighted by Gasteiger charge is -2.04. The maximum Gasteiger partial charge on any atom is 0.127 e. The second-order valence-corrected chi connectivity index (χ2v) is 3.71. The van der Waals surface area contributed by atoms with Crippen molar-refractivity contribution in [2.75, 3.05) is 7.11 Å². The Labute approximate surface area is 93.1 Å². The molecule has 1 aromatic carbocycles. The molecule has 2 nitrogen and oxygen atoms in total. The number of thiophene rings is 1. The van der Waals surface area contributed by atoms with Gasteiger partial charge in [-0.25, -0.2) is 0 Å². The highest BCUT2D eigenvalue weighted by Crippen LogP contribution is 2.32. The Morgan fingerprint density at radius 1 is 1.36 bits per heavy atom. The van der Waals surface area contributed by atoms with E-state index in [0.717, 1.165) is 11.1 Å². The molecule has 0 bridgehead atoms. The molecule has 0 atom stereocenters. The molecule has 0 saturated carbocycles. The predicted octanol–water partition coefficient (Wildman–Crippen LogP) is 2.79. The van der Waals surface area contributed by atoms with Crippen molar-refractivity contribution in [2.45, 2.75) is 6.54 Å². The first-order valence-corrected chi connectivity index (χ1v) is 4.98. The van der Waals surface area contributed by atoms with Crippen LogP contribution in [0.25, 0.3) is 10.1 Å². The van der Waals surface area contributed by atoms with Gasteiger partial charge in [-0.15, -0.1) is 23.7 Å². The highest BCUT2D eigenvalue weighted by Gasteiger charge is 2.05. The molecule has 0 aliphatic heterocycles. The van der Waals surface area contributed by atoms with Crippen molar-refractivity contribution >= 4 is 33.8 Å². The fourth-order valence-corrected chi connectivity index (χ4v) is 2.37. The van der Waals surface area contributed by atoms with Crippen LogP contribution in [0.4, 0.5) is 0 Å². The zero-order valence-corrected chi connectivity index (χ0v) is 9.45. The van der Waals surface area contributed by atoms with E-state index in [-0.39, 0.29) is 12.4 Å². The third-order valence-corrected chi connectivity index (χ3v) is 3.09. The van der Waals surface area contributed by atoms with Crippen molar-refractivity contribution in [1.29, 1.82) is 0 Å². The standard InChI is InChI=1S/C10H11NOS.ClH/c1-12-9-3-2-7(6-11)10-8(9)4-5-13-10;/h2-5H,6,11H2,1H3;1H. The van der Waals surface area contributed by atoms with Gasteiger partial charge >= 0.3 is 0 Å². The number of hydrogen-bond acceptors (Lipinski definition) is 3. The first-order chi connectivity index (χ1) is 6.36. The highest BCUT2D eigenvalue weighted by atomic mass is 35.5. The second-order valence-electron chi connectivity index (χ2n) is 2.79. The summed E-state index contributed by atoms with van der Waals surface area (Å²) < 4.78 is 6.49. The average Bonchev–Trinajstić information content (AvgIpc) is 2.64. The van der Waals surface area contributed by atoms with Gasteiger partial charge in [0.1, 0.15) is 5.75 Å². The second kappa shape index (κ2) is 4.64. The molecule has 2 rings (SSSR count). The largest absolute Gasteiger partial charge is 0.496 e. The van der Waals surface area contributed by atoms with Crippen molar-refractivity contribution in [2.24, 2.45) is 5.73 Å². The molecule has 76 valence electrons. The summed E-state index contributed by atoms with van der Waals surface area (Å²) in [5.41, 5.74) is 6.82. The molecule has 2 N–H and O–H groups in total. The van der Waals surface area contributed by atoms with Crippen LogP contribution in [-0.4, -0.2) is 7.11 Å². The van der Waals surface area contributed by atoms with Gasteiger partial charge in [-0.05, 0) is 23.1 Å². The van der Waals surface area contributed by atoms with Gasteiger partial charge in [-0.3, -0.25) is 0 Å². The molecule has 1 heterocycles. The molecule has 1 aromatic heterocycles. The summed E-state index contributed by atoms with van der Waals surface area (Å²) in [4.78, 5) is 0. The van der Waals surface area contributed by atoms with E-state index in [0.29, 0.717) is 6.54 Å². The minimum Gasteiger partial charge on any atom is -0.496 e. The fourth-order valence-electron chi connectivity index (χ4n) is 1.43. The molecule has 4 heteroatoms. The fraction of sp³-hybridized carbons (Fsp3) is 0.200. The van der Waals surface area contributed by atoms with Crippen LogP contribution >= 0.6 is 23.7 Å². The quantitative estimate of drug-likeness (QED) is 0.860. The number of nitrogens with two attached hydrogens (primary N) is 1.